The number of carbonyl (C=O) groups is 2. The van der Waals surface area contributed by atoms with Crippen molar-refractivity contribution >= 4 is 11.8 Å². The van der Waals surface area contributed by atoms with Crippen molar-refractivity contribution in [2.75, 3.05) is 14.2 Å². The number of Topliss-reactive ketones (excluding diaryl/α,β-unsaturated/α-hetero) is 1. The number of ketones is 1. The second kappa shape index (κ2) is 5.84. The van der Waals surface area contributed by atoms with Crippen LogP contribution < -0.4 is 5.32 Å². The topological polar surface area (TPSA) is 55.4 Å². The van der Waals surface area contributed by atoms with E-state index in [4.69, 9.17) is 0 Å². The van der Waals surface area contributed by atoms with Gasteiger partial charge >= 0.3 is 5.97 Å². The van der Waals surface area contributed by atoms with E-state index in [1.54, 1.807) is 38.2 Å². The van der Waals surface area contributed by atoms with E-state index in [0.717, 1.165) is 0 Å². The van der Waals surface area contributed by atoms with Gasteiger partial charge in [0.1, 0.15) is 5.57 Å². The highest BCUT2D eigenvalue weighted by atomic mass is 16.5. The van der Waals surface area contributed by atoms with Crippen molar-refractivity contribution in [1.82, 2.24) is 5.32 Å². The number of hydrogen-bond acceptors (Lipinski definition) is 4. The summed E-state index contributed by atoms with van der Waals surface area (Å²) < 4.78 is 4.62. The third-order valence-electron chi connectivity index (χ3n) is 2.40. The van der Waals surface area contributed by atoms with Crippen LogP contribution in [0.25, 0.3) is 0 Å². The molecule has 0 bridgehead atoms. The number of methoxy groups -OCH3 is 1. The van der Waals surface area contributed by atoms with E-state index in [0.29, 0.717) is 11.3 Å². The molecule has 0 saturated heterocycles. The van der Waals surface area contributed by atoms with E-state index >= 15 is 0 Å². The van der Waals surface area contributed by atoms with Crippen LogP contribution in [-0.4, -0.2) is 25.9 Å². The number of allylic oxidation sites excluding steroid dienone is 1. The van der Waals surface area contributed by atoms with Gasteiger partial charge in [-0.1, -0.05) is 30.3 Å². The lowest BCUT2D eigenvalue weighted by Crippen LogP contribution is -2.21. The predicted octanol–water partition coefficient (Wildman–Crippen LogP) is 1.54. The number of carbonyl (C=O) groups excluding carboxylic acids is 2. The molecule has 1 aromatic rings. The van der Waals surface area contributed by atoms with Crippen molar-refractivity contribution in [2.45, 2.75) is 6.92 Å². The van der Waals surface area contributed by atoms with Crippen molar-refractivity contribution in [3.05, 3.63) is 47.2 Å². The second-order valence-corrected chi connectivity index (χ2v) is 3.44. The van der Waals surface area contributed by atoms with E-state index in [1.165, 1.54) is 7.11 Å². The molecule has 0 radical (unpaired) electrons. The van der Waals surface area contributed by atoms with Crippen LogP contribution in [0.4, 0.5) is 0 Å². The van der Waals surface area contributed by atoms with Gasteiger partial charge in [-0.25, -0.2) is 4.79 Å². The molecular formula is C13H15NO3. The molecule has 0 saturated carbocycles. The smallest absolute Gasteiger partial charge is 0.343 e. The Balaban J connectivity index is 3.18. The van der Waals surface area contributed by atoms with E-state index < -0.39 is 5.97 Å². The Morgan fingerprint density at radius 2 is 1.76 bits per heavy atom. The van der Waals surface area contributed by atoms with Crippen molar-refractivity contribution in [2.24, 2.45) is 0 Å². The number of benzene rings is 1. The Bertz CT molecular complexity index is 449. The molecule has 1 rings (SSSR count). The van der Waals surface area contributed by atoms with Crippen molar-refractivity contribution < 1.29 is 14.3 Å². The van der Waals surface area contributed by atoms with Crippen LogP contribution in [0.5, 0.6) is 0 Å². The lowest BCUT2D eigenvalue weighted by molar-refractivity contribution is -0.135. The second-order valence-electron chi connectivity index (χ2n) is 3.44. The first-order chi connectivity index (χ1) is 8.11. The molecule has 0 fully saturated rings. The summed E-state index contributed by atoms with van der Waals surface area (Å²) in [7, 11) is 2.90. The minimum atomic E-state index is -0.634. The fraction of sp³-hybridized carbons (Fsp3) is 0.231. The van der Waals surface area contributed by atoms with E-state index in [9.17, 15) is 9.59 Å². The largest absolute Gasteiger partial charge is 0.465 e. The van der Waals surface area contributed by atoms with Gasteiger partial charge in [-0.3, -0.25) is 4.79 Å². The van der Waals surface area contributed by atoms with Gasteiger partial charge in [0.25, 0.3) is 0 Å². The first-order valence-electron chi connectivity index (χ1n) is 5.18. The normalized spacial score (nSPS) is 11.5. The molecule has 0 atom stereocenters. The average Bonchev–Trinajstić information content (AvgIpc) is 2.39. The van der Waals surface area contributed by atoms with Crippen LogP contribution in [-0.2, 0) is 9.53 Å². The zero-order valence-corrected chi connectivity index (χ0v) is 10.1. The van der Waals surface area contributed by atoms with Crippen LogP contribution in [0.2, 0.25) is 0 Å². The third kappa shape index (κ3) is 2.93. The Hall–Kier alpha value is -2.10. The van der Waals surface area contributed by atoms with Gasteiger partial charge in [0.15, 0.2) is 0 Å². The quantitative estimate of drug-likeness (QED) is 0.282. The molecule has 1 aromatic carbocycles. The van der Waals surface area contributed by atoms with Gasteiger partial charge in [0, 0.05) is 18.3 Å². The fourth-order valence-corrected chi connectivity index (χ4v) is 1.38. The summed E-state index contributed by atoms with van der Waals surface area (Å²) in [6.45, 7) is 1.66. The fourth-order valence-electron chi connectivity index (χ4n) is 1.38. The first-order valence-corrected chi connectivity index (χ1v) is 5.18. The van der Waals surface area contributed by atoms with Crippen molar-refractivity contribution in [3.63, 3.8) is 0 Å². The van der Waals surface area contributed by atoms with Gasteiger partial charge in [-0.15, -0.1) is 0 Å². The summed E-state index contributed by atoms with van der Waals surface area (Å²) >= 11 is 0. The molecule has 0 heterocycles. The van der Waals surface area contributed by atoms with Gasteiger partial charge in [-0.05, 0) is 6.92 Å². The maximum atomic E-state index is 12.1. The summed E-state index contributed by atoms with van der Waals surface area (Å²) in [6.07, 6.45) is 0. The van der Waals surface area contributed by atoms with Crippen LogP contribution >= 0.6 is 0 Å². The van der Waals surface area contributed by atoms with Gasteiger partial charge < -0.3 is 10.1 Å². The van der Waals surface area contributed by atoms with Gasteiger partial charge in [0.05, 0.1) is 7.11 Å². The molecule has 0 amide bonds. The monoisotopic (exact) mass is 233 g/mol. The number of ether oxygens (including phenoxy) is 1. The maximum absolute atomic E-state index is 12.1. The highest BCUT2D eigenvalue weighted by Crippen LogP contribution is 2.12. The first kappa shape index (κ1) is 13.0. The number of nitrogens with one attached hydrogen (secondary N) is 1. The third-order valence-corrected chi connectivity index (χ3v) is 2.40. The molecule has 0 aliphatic heterocycles. The highest BCUT2D eigenvalue weighted by molar-refractivity contribution is 6.24. The summed E-state index contributed by atoms with van der Waals surface area (Å²) in [6, 6.07) is 8.62. The van der Waals surface area contributed by atoms with Crippen LogP contribution in [0.3, 0.4) is 0 Å². The van der Waals surface area contributed by atoms with Crippen molar-refractivity contribution in [1.29, 1.82) is 0 Å². The lowest BCUT2D eigenvalue weighted by atomic mass is 10.0. The Labute approximate surface area is 100 Å². The summed E-state index contributed by atoms with van der Waals surface area (Å²) in [5.74, 6) is -0.977. The van der Waals surface area contributed by atoms with E-state index in [-0.39, 0.29) is 11.4 Å². The molecular weight excluding hydrogens is 218 g/mol. The molecule has 0 aliphatic rings. The zero-order chi connectivity index (χ0) is 12.8. The molecule has 0 aromatic heterocycles. The predicted molar refractivity (Wildman–Crippen MR) is 64.5 cm³/mol. The standard InChI is InChI=1S/C13H15NO3/c1-9(14-2)11(13(16)17-3)12(15)10-7-5-4-6-8-10/h4-8,14H,1-3H3/b11-9-. The molecule has 0 spiro atoms. The molecule has 0 aliphatic carbocycles. The number of esters is 1. The van der Waals surface area contributed by atoms with Crippen LogP contribution in [0.15, 0.2) is 41.6 Å². The molecule has 4 nitrogen and oxygen atoms in total. The number of rotatable bonds is 4. The summed E-state index contributed by atoms with van der Waals surface area (Å²) in [5.41, 5.74) is 0.981. The molecule has 90 valence electrons. The summed E-state index contributed by atoms with van der Waals surface area (Å²) in [4.78, 5) is 23.7. The Morgan fingerprint density at radius 1 is 1.18 bits per heavy atom. The van der Waals surface area contributed by atoms with E-state index in [1.807, 2.05) is 6.07 Å². The van der Waals surface area contributed by atoms with Crippen LogP contribution in [0.1, 0.15) is 17.3 Å². The minimum absolute atomic E-state index is 0.0289. The maximum Gasteiger partial charge on any atom is 0.343 e. The number of hydrogen-bond donors (Lipinski definition) is 1. The SMILES string of the molecule is CN/C(C)=C(\C(=O)OC)C(=O)c1ccccc1. The lowest BCUT2D eigenvalue weighted by Gasteiger charge is -2.09. The Morgan fingerprint density at radius 3 is 2.24 bits per heavy atom. The Kier molecular flexibility index (Phi) is 4.46. The minimum Gasteiger partial charge on any atom is -0.465 e. The zero-order valence-electron chi connectivity index (χ0n) is 10.1. The average molecular weight is 233 g/mol. The molecule has 4 heteroatoms. The van der Waals surface area contributed by atoms with Gasteiger partial charge in [-0.2, -0.15) is 0 Å². The highest BCUT2D eigenvalue weighted by Gasteiger charge is 2.22. The van der Waals surface area contributed by atoms with Crippen LogP contribution in [0, 0.1) is 0 Å². The summed E-state index contributed by atoms with van der Waals surface area (Å²) in [5, 5.41) is 2.79. The van der Waals surface area contributed by atoms with Crippen molar-refractivity contribution in [3.8, 4) is 0 Å². The molecule has 0 unspecified atom stereocenters. The molecule has 1 N–H and O–H groups in total. The van der Waals surface area contributed by atoms with E-state index in [2.05, 4.69) is 10.1 Å². The van der Waals surface area contributed by atoms with Gasteiger partial charge in [0.2, 0.25) is 5.78 Å². The molecule has 17 heavy (non-hydrogen) atoms.